The van der Waals surface area contributed by atoms with Crippen LogP contribution in [0.15, 0.2) is 33.5 Å². The number of hydrogen-bond acceptors (Lipinski definition) is 4. The van der Waals surface area contributed by atoms with Crippen molar-refractivity contribution in [2.24, 2.45) is 0 Å². The van der Waals surface area contributed by atoms with E-state index in [0.29, 0.717) is 26.7 Å². The smallest absolute Gasteiger partial charge is 0.269 e. The van der Waals surface area contributed by atoms with Gasteiger partial charge in [-0.05, 0) is 44.0 Å². The molecular weight excluding hydrogens is 370 g/mol. The van der Waals surface area contributed by atoms with E-state index >= 15 is 0 Å². The number of hydrogen-bond donors (Lipinski definition) is 0. The monoisotopic (exact) mass is 373 g/mol. The molecule has 0 amide bonds. The van der Waals surface area contributed by atoms with Crippen molar-refractivity contribution in [3.63, 3.8) is 0 Å². The number of nitro groups is 1. The molecule has 0 aliphatic heterocycles. The van der Waals surface area contributed by atoms with Crippen molar-refractivity contribution in [2.45, 2.75) is 0 Å². The molecule has 8 heteroatoms. The van der Waals surface area contributed by atoms with E-state index in [-0.39, 0.29) is 5.69 Å². The molecule has 0 saturated carbocycles. The third-order valence-corrected chi connectivity index (χ3v) is 3.59. The molecule has 0 atom stereocenters. The van der Waals surface area contributed by atoms with E-state index in [9.17, 15) is 14.9 Å². The molecule has 0 spiro atoms. The first-order valence-corrected chi connectivity index (χ1v) is 6.27. The molecule has 0 bridgehead atoms. The van der Waals surface area contributed by atoms with Crippen molar-refractivity contribution in [3.8, 4) is 5.69 Å². The van der Waals surface area contributed by atoms with E-state index in [4.69, 9.17) is 0 Å². The number of carbonyl (C=O) groups is 1. The third-order valence-electron chi connectivity index (χ3n) is 2.24. The average molecular weight is 375 g/mol. The number of halogens is 2. The minimum Gasteiger partial charge on any atom is -0.298 e. The minimum atomic E-state index is -0.478. The normalized spacial score (nSPS) is 10.3. The fourth-order valence-corrected chi connectivity index (χ4v) is 2.64. The average Bonchev–Trinajstić information content (AvgIpc) is 2.64. The Labute approximate surface area is 118 Å². The predicted molar refractivity (Wildman–Crippen MR) is 71.0 cm³/mol. The molecule has 0 fully saturated rings. The first kappa shape index (κ1) is 12.9. The molecule has 1 aromatic heterocycles. The Hall–Kier alpha value is -1.54. The number of nitrogens with zero attached hydrogens (tertiary/aromatic N) is 3. The topological polar surface area (TPSA) is 78.0 Å². The summed E-state index contributed by atoms with van der Waals surface area (Å²) in [5.74, 6) is 0. The first-order chi connectivity index (χ1) is 8.54. The molecule has 1 aromatic carbocycles. The van der Waals surface area contributed by atoms with Gasteiger partial charge in [0.2, 0.25) is 0 Å². The highest BCUT2D eigenvalue weighted by molar-refractivity contribution is 9.11. The van der Waals surface area contributed by atoms with Crippen LogP contribution in [0, 0.1) is 10.1 Å². The van der Waals surface area contributed by atoms with Crippen LogP contribution in [-0.2, 0) is 0 Å². The molecule has 0 aliphatic rings. The van der Waals surface area contributed by atoms with Gasteiger partial charge in [0.15, 0.2) is 6.29 Å². The molecule has 0 aliphatic carbocycles. The summed E-state index contributed by atoms with van der Waals surface area (Å²) in [7, 11) is 0. The Morgan fingerprint density at radius 2 is 1.89 bits per heavy atom. The molecule has 92 valence electrons. The number of carbonyl (C=O) groups excluding carboxylic acids is 1. The number of benzene rings is 1. The number of nitro benzene ring substituents is 1. The lowest BCUT2D eigenvalue weighted by Crippen LogP contribution is -1.97. The molecule has 0 unspecified atom stereocenters. The van der Waals surface area contributed by atoms with Crippen LogP contribution in [0.4, 0.5) is 5.69 Å². The minimum absolute atomic E-state index is 0.00305. The van der Waals surface area contributed by atoms with Crippen molar-refractivity contribution >= 4 is 43.8 Å². The quantitative estimate of drug-likeness (QED) is 0.469. The molecular formula is C10H5Br2N3O3. The predicted octanol–water partition coefficient (Wildman–Crippen LogP) is 3.12. The summed E-state index contributed by atoms with van der Waals surface area (Å²) in [6.45, 7) is 0. The second-order valence-corrected chi connectivity index (χ2v) is 4.80. The van der Waals surface area contributed by atoms with Gasteiger partial charge in [-0.3, -0.25) is 14.9 Å². The highest BCUT2D eigenvalue weighted by atomic mass is 79.9. The lowest BCUT2D eigenvalue weighted by atomic mass is 10.3. The van der Waals surface area contributed by atoms with Gasteiger partial charge in [-0.2, -0.15) is 5.10 Å². The second kappa shape index (κ2) is 4.99. The molecule has 0 radical (unpaired) electrons. The Kier molecular flexibility index (Phi) is 3.58. The van der Waals surface area contributed by atoms with Crippen LogP contribution in [0.25, 0.3) is 5.69 Å². The fourth-order valence-electron chi connectivity index (χ4n) is 1.37. The summed E-state index contributed by atoms with van der Waals surface area (Å²) < 4.78 is 2.36. The summed E-state index contributed by atoms with van der Waals surface area (Å²) in [5.41, 5.74) is 0.992. The van der Waals surface area contributed by atoms with E-state index in [1.807, 2.05) is 0 Å². The number of aldehydes is 1. The highest BCUT2D eigenvalue weighted by Gasteiger charge is 2.15. The van der Waals surface area contributed by atoms with E-state index < -0.39 is 4.92 Å². The third kappa shape index (κ3) is 2.21. The van der Waals surface area contributed by atoms with Crippen LogP contribution < -0.4 is 0 Å². The van der Waals surface area contributed by atoms with Crippen LogP contribution in [-0.4, -0.2) is 21.0 Å². The Morgan fingerprint density at radius 1 is 1.28 bits per heavy atom. The molecule has 0 N–H and O–H groups in total. The zero-order valence-electron chi connectivity index (χ0n) is 8.71. The van der Waals surface area contributed by atoms with Gasteiger partial charge in [-0.25, -0.2) is 4.68 Å². The molecule has 0 saturated heterocycles. The van der Waals surface area contributed by atoms with E-state index in [1.165, 1.54) is 16.8 Å². The van der Waals surface area contributed by atoms with Crippen LogP contribution >= 0.6 is 31.9 Å². The van der Waals surface area contributed by atoms with Gasteiger partial charge in [-0.1, -0.05) is 0 Å². The van der Waals surface area contributed by atoms with Gasteiger partial charge in [0.25, 0.3) is 5.69 Å². The van der Waals surface area contributed by atoms with Gasteiger partial charge < -0.3 is 0 Å². The highest BCUT2D eigenvalue weighted by Crippen LogP contribution is 2.26. The Balaban J connectivity index is 2.49. The second-order valence-electron chi connectivity index (χ2n) is 3.30. The Morgan fingerprint density at radius 3 is 2.33 bits per heavy atom. The zero-order valence-corrected chi connectivity index (χ0v) is 11.9. The van der Waals surface area contributed by atoms with Crippen LogP contribution in [0.1, 0.15) is 10.4 Å². The maximum atomic E-state index is 10.8. The maximum Gasteiger partial charge on any atom is 0.269 e. The lowest BCUT2D eigenvalue weighted by molar-refractivity contribution is -0.384. The molecule has 2 rings (SSSR count). The zero-order chi connectivity index (χ0) is 13.3. The molecule has 2 aromatic rings. The van der Waals surface area contributed by atoms with Crippen molar-refractivity contribution in [1.29, 1.82) is 0 Å². The largest absolute Gasteiger partial charge is 0.298 e. The van der Waals surface area contributed by atoms with Crippen molar-refractivity contribution in [2.75, 3.05) is 0 Å². The van der Waals surface area contributed by atoms with Gasteiger partial charge in [0, 0.05) is 12.1 Å². The number of non-ortho nitro benzene ring substituents is 1. The number of rotatable bonds is 3. The van der Waals surface area contributed by atoms with Gasteiger partial charge >= 0.3 is 0 Å². The molecule has 18 heavy (non-hydrogen) atoms. The summed E-state index contributed by atoms with van der Waals surface area (Å²) in [4.78, 5) is 20.9. The van der Waals surface area contributed by atoms with Gasteiger partial charge in [0.1, 0.15) is 9.21 Å². The summed E-state index contributed by atoms with van der Waals surface area (Å²) >= 11 is 6.41. The molecule has 6 nitrogen and oxygen atoms in total. The van der Waals surface area contributed by atoms with Crippen molar-refractivity contribution < 1.29 is 9.72 Å². The summed E-state index contributed by atoms with van der Waals surface area (Å²) in [6, 6.07) is 5.85. The lowest BCUT2D eigenvalue weighted by Gasteiger charge is -2.02. The van der Waals surface area contributed by atoms with Gasteiger partial charge in [-0.15, -0.1) is 0 Å². The summed E-state index contributed by atoms with van der Waals surface area (Å²) in [5, 5.41) is 14.7. The number of aromatic nitrogens is 2. The Bertz CT molecular complexity index is 622. The van der Waals surface area contributed by atoms with E-state index in [1.54, 1.807) is 12.1 Å². The van der Waals surface area contributed by atoms with Crippen molar-refractivity contribution in [1.82, 2.24) is 9.78 Å². The van der Waals surface area contributed by atoms with E-state index in [2.05, 4.69) is 37.0 Å². The van der Waals surface area contributed by atoms with Gasteiger partial charge in [0.05, 0.1) is 16.2 Å². The first-order valence-electron chi connectivity index (χ1n) is 4.68. The standard InChI is InChI=1S/C10H5Br2N3O3/c11-9-8(5-16)10(12)14(13-9)6-1-3-7(4-2-6)15(17)18/h1-5H. The maximum absolute atomic E-state index is 10.8. The SMILES string of the molecule is O=Cc1c(Br)nn(-c2ccc([N+](=O)[O-])cc2)c1Br. The summed E-state index contributed by atoms with van der Waals surface area (Å²) in [6.07, 6.45) is 0.670. The van der Waals surface area contributed by atoms with Crippen LogP contribution in [0.3, 0.4) is 0 Å². The van der Waals surface area contributed by atoms with E-state index in [0.717, 1.165) is 0 Å². The van der Waals surface area contributed by atoms with Crippen LogP contribution in [0.5, 0.6) is 0 Å². The molecule has 1 heterocycles. The van der Waals surface area contributed by atoms with Crippen molar-refractivity contribution in [3.05, 3.63) is 49.1 Å². The fraction of sp³-hybridized carbons (Fsp3) is 0. The van der Waals surface area contributed by atoms with Crippen LogP contribution in [0.2, 0.25) is 0 Å².